The normalized spacial score (nSPS) is 18.8. The smallest absolute Gasteiger partial charge is 0.451 e. The van der Waals surface area contributed by atoms with Crippen molar-refractivity contribution in [3.8, 4) is 17.4 Å². The van der Waals surface area contributed by atoms with E-state index in [0.717, 1.165) is 12.4 Å². The summed E-state index contributed by atoms with van der Waals surface area (Å²) in [5.41, 5.74) is 0.287. The number of ether oxygens (including phenoxy) is 3. The summed E-state index contributed by atoms with van der Waals surface area (Å²) in [6.45, 7) is 3.83. The molecule has 1 unspecified atom stereocenters. The molecule has 0 amide bonds. The van der Waals surface area contributed by atoms with Crippen molar-refractivity contribution in [1.29, 1.82) is 0 Å². The number of hydrogen-bond acceptors (Lipinski definition) is 7. The lowest BCUT2D eigenvalue weighted by Crippen LogP contribution is -2.40. The molecule has 1 fully saturated rings. The van der Waals surface area contributed by atoms with Crippen LogP contribution >= 0.6 is 0 Å². The molecular formula is C19H20F4N4O3. The monoisotopic (exact) mass is 428 g/mol. The number of fused-ring (bicyclic) bond motifs is 1. The number of likely N-dealkylation sites (tertiary alicyclic amines) is 1. The summed E-state index contributed by atoms with van der Waals surface area (Å²) in [5, 5.41) is 0. The predicted molar refractivity (Wildman–Crippen MR) is 95.9 cm³/mol. The first-order valence-corrected chi connectivity index (χ1v) is 9.57. The molecule has 11 heteroatoms. The van der Waals surface area contributed by atoms with Crippen molar-refractivity contribution in [3.63, 3.8) is 0 Å². The van der Waals surface area contributed by atoms with Crippen LogP contribution in [-0.2, 0) is 6.18 Å². The Labute approximate surface area is 170 Å². The number of piperidine rings is 1. The van der Waals surface area contributed by atoms with E-state index in [1.54, 1.807) is 0 Å². The molecule has 30 heavy (non-hydrogen) atoms. The van der Waals surface area contributed by atoms with Crippen molar-refractivity contribution in [3.05, 3.63) is 35.8 Å². The van der Waals surface area contributed by atoms with Crippen molar-refractivity contribution < 1.29 is 31.8 Å². The lowest BCUT2D eigenvalue weighted by Gasteiger charge is -2.36. The van der Waals surface area contributed by atoms with Crippen molar-refractivity contribution in [2.45, 2.75) is 38.1 Å². The summed E-state index contributed by atoms with van der Waals surface area (Å²) in [6, 6.07) is 1.02. The highest BCUT2D eigenvalue weighted by Gasteiger charge is 2.34. The van der Waals surface area contributed by atoms with E-state index in [0.29, 0.717) is 50.8 Å². The molecule has 1 saturated heterocycles. The molecule has 1 atom stereocenters. The maximum Gasteiger partial charge on any atom is 0.451 e. The standard InChI is InChI=1S/C19H20F4N4O3/c1-11(16-14(20)8-15-17(26-16)29-7-6-28-15)27-4-2-12(3-5-27)30-13-9-24-18(25-10-13)19(21,22)23/h8-12H,2-7H2,1H3. The number of pyridine rings is 1. The van der Waals surface area contributed by atoms with Crippen LogP contribution in [0.4, 0.5) is 17.6 Å². The van der Waals surface area contributed by atoms with Gasteiger partial charge in [0.1, 0.15) is 25.1 Å². The van der Waals surface area contributed by atoms with Gasteiger partial charge < -0.3 is 14.2 Å². The van der Waals surface area contributed by atoms with Gasteiger partial charge >= 0.3 is 6.18 Å². The summed E-state index contributed by atoms with van der Waals surface area (Å²) in [7, 11) is 0. The van der Waals surface area contributed by atoms with Gasteiger partial charge in [-0.2, -0.15) is 13.2 Å². The molecule has 4 heterocycles. The minimum Gasteiger partial charge on any atom is -0.487 e. The first-order chi connectivity index (χ1) is 14.3. The van der Waals surface area contributed by atoms with Gasteiger partial charge in [-0.15, -0.1) is 0 Å². The quantitative estimate of drug-likeness (QED) is 0.692. The predicted octanol–water partition coefficient (Wildman–Crippen LogP) is 3.41. The Hall–Kier alpha value is -2.69. The van der Waals surface area contributed by atoms with E-state index in [1.807, 2.05) is 6.92 Å². The summed E-state index contributed by atoms with van der Waals surface area (Å²) in [6.07, 6.45) is -1.47. The molecule has 162 valence electrons. The van der Waals surface area contributed by atoms with Crippen molar-refractivity contribution in [2.75, 3.05) is 26.3 Å². The van der Waals surface area contributed by atoms with Crippen LogP contribution in [0.2, 0.25) is 0 Å². The first-order valence-electron chi connectivity index (χ1n) is 9.57. The van der Waals surface area contributed by atoms with Crippen LogP contribution in [0.1, 0.15) is 37.3 Å². The zero-order valence-electron chi connectivity index (χ0n) is 16.2. The van der Waals surface area contributed by atoms with Gasteiger partial charge in [0.2, 0.25) is 5.82 Å². The number of rotatable bonds is 4. The zero-order valence-corrected chi connectivity index (χ0v) is 16.2. The maximum absolute atomic E-state index is 14.5. The van der Waals surface area contributed by atoms with E-state index in [4.69, 9.17) is 14.2 Å². The fourth-order valence-electron chi connectivity index (χ4n) is 3.53. The second-order valence-corrected chi connectivity index (χ2v) is 7.12. The minimum atomic E-state index is -4.59. The molecule has 2 aromatic rings. The Kier molecular flexibility index (Phi) is 5.63. The van der Waals surface area contributed by atoms with E-state index in [9.17, 15) is 17.6 Å². The van der Waals surface area contributed by atoms with E-state index in [2.05, 4.69) is 19.9 Å². The van der Waals surface area contributed by atoms with Crippen LogP contribution in [0.3, 0.4) is 0 Å². The largest absolute Gasteiger partial charge is 0.487 e. The molecule has 0 aromatic carbocycles. The molecule has 0 bridgehead atoms. The Balaban J connectivity index is 1.35. The molecule has 2 aliphatic heterocycles. The van der Waals surface area contributed by atoms with Gasteiger partial charge in [0.15, 0.2) is 11.5 Å². The molecule has 2 aliphatic rings. The van der Waals surface area contributed by atoms with Crippen LogP contribution in [0, 0.1) is 5.82 Å². The van der Waals surface area contributed by atoms with Gasteiger partial charge in [0.05, 0.1) is 24.1 Å². The van der Waals surface area contributed by atoms with Crippen molar-refractivity contribution in [2.24, 2.45) is 0 Å². The molecule has 4 rings (SSSR count). The number of hydrogen-bond donors (Lipinski definition) is 0. The fraction of sp³-hybridized carbons (Fsp3) is 0.526. The molecule has 0 spiro atoms. The van der Waals surface area contributed by atoms with Crippen LogP contribution < -0.4 is 14.2 Å². The lowest BCUT2D eigenvalue weighted by molar-refractivity contribution is -0.145. The van der Waals surface area contributed by atoms with Crippen LogP contribution in [-0.4, -0.2) is 52.3 Å². The summed E-state index contributed by atoms with van der Waals surface area (Å²) in [5.74, 6) is -0.862. The topological polar surface area (TPSA) is 69.6 Å². The van der Waals surface area contributed by atoms with Gasteiger partial charge in [0.25, 0.3) is 5.88 Å². The lowest BCUT2D eigenvalue weighted by atomic mass is 10.0. The molecule has 7 nitrogen and oxygen atoms in total. The Morgan fingerprint density at radius 1 is 1.13 bits per heavy atom. The van der Waals surface area contributed by atoms with Crippen LogP contribution in [0.5, 0.6) is 17.4 Å². The van der Waals surface area contributed by atoms with E-state index in [1.165, 1.54) is 6.07 Å². The highest BCUT2D eigenvalue weighted by molar-refractivity contribution is 5.37. The van der Waals surface area contributed by atoms with Gasteiger partial charge in [-0.3, -0.25) is 4.90 Å². The van der Waals surface area contributed by atoms with Gasteiger partial charge in [-0.05, 0) is 19.8 Å². The average Bonchev–Trinajstić information content (AvgIpc) is 2.73. The molecular weight excluding hydrogens is 408 g/mol. The first kappa shape index (κ1) is 20.6. The molecule has 0 aliphatic carbocycles. The number of alkyl halides is 3. The van der Waals surface area contributed by atoms with Crippen molar-refractivity contribution in [1.82, 2.24) is 19.9 Å². The Bertz CT molecular complexity index is 887. The highest BCUT2D eigenvalue weighted by atomic mass is 19.4. The summed E-state index contributed by atoms with van der Waals surface area (Å²) in [4.78, 5) is 13.0. The molecule has 2 aromatic heterocycles. The number of nitrogens with zero attached hydrogens (tertiary/aromatic N) is 4. The second-order valence-electron chi connectivity index (χ2n) is 7.12. The maximum atomic E-state index is 14.5. The van der Waals surface area contributed by atoms with Crippen LogP contribution in [0.25, 0.3) is 0 Å². The minimum absolute atomic E-state index is 0.188. The fourth-order valence-corrected chi connectivity index (χ4v) is 3.53. The molecule has 0 N–H and O–H groups in total. The summed E-state index contributed by atoms with van der Waals surface area (Å²) < 4.78 is 68.6. The van der Waals surface area contributed by atoms with Gasteiger partial charge in [-0.25, -0.2) is 19.3 Å². The van der Waals surface area contributed by atoms with Crippen molar-refractivity contribution >= 4 is 0 Å². The number of aromatic nitrogens is 3. The SMILES string of the molecule is CC(c1nc2c(cc1F)OCCO2)N1CCC(Oc2cnc(C(F)(F)F)nc2)CC1. The Morgan fingerprint density at radius 3 is 2.47 bits per heavy atom. The average molecular weight is 428 g/mol. The van der Waals surface area contributed by atoms with E-state index < -0.39 is 17.8 Å². The third-order valence-corrected chi connectivity index (χ3v) is 5.12. The third kappa shape index (κ3) is 4.40. The van der Waals surface area contributed by atoms with Gasteiger partial charge in [0, 0.05) is 19.2 Å². The van der Waals surface area contributed by atoms with Crippen LogP contribution in [0.15, 0.2) is 18.5 Å². The molecule has 0 saturated carbocycles. The second kappa shape index (κ2) is 8.21. The third-order valence-electron chi connectivity index (χ3n) is 5.12. The zero-order chi connectivity index (χ0) is 21.3. The van der Waals surface area contributed by atoms with E-state index in [-0.39, 0.29) is 23.6 Å². The van der Waals surface area contributed by atoms with Gasteiger partial charge in [-0.1, -0.05) is 0 Å². The summed E-state index contributed by atoms with van der Waals surface area (Å²) >= 11 is 0. The molecule has 0 radical (unpaired) electrons. The Morgan fingerprint density at radius 2 is 1.80 bits per heavy atom. The van der Waals surface area contributed by atoms with E-state index >= 15 is 0 Å². The highest BCUT2D eigenvalue weighted by Crippen LogP contribution is 2.34. The number of halogens is 4.